The highest BCUT2D eigenvalue weighted by molar-refractivity contribution is 5.76. The molecule has 0 saturated heterocycles. The second kappa shape index (κ2) is 3.43. The van der Waals surface area contributed by atoms with E-state index in [1.165, 1.54) is 10.1 Å². The summed E-state index contributed by atoms with van der Waals surface area (Å²) in [5.74, 6) is 0. The maximum absolute atomic E-state index is 10.9. The molecule has 0 saturated carbocycles. The van der Waals surface area contributed by atoms with Gasteiger partial charge < -0.3 is 5.73 Å². The zero-order valence-corrected chi connectivity index (χ0v) is 7.50. The van der Waals surface area contributed by atoms with Gasteiger partial charge in [-0.15, -0.1) is 0 Å². The molecule has 0 unspecified atom stereocenters. The predicted molar refractivity (Wildman–Crippen MR) is 48.2 cm³/mol. The normalized spacial score (nSPS) is 10.2. The molecule has 0 aliphatic heterocycles. The van der Waals surface area contributed by atoms with Crippen LogP contribution in [0.2, 0.25) is 0 Å². The van der Waals surface area contributed by atoms with Crippen molar-refractivity contribution in [1.29, 1.82) is 0 Å². The van der Waals surface area contributed by atoms with E-state index in [-0.39, 0.29) is 0 Å². The van der Waals surface area contributed by atoms with Crippen LogP contribution in [-0.2, 0) is 12.8 Å². The van der Waals surface area contributed by atoms with Gasteiger partial charge in [-0.05, 0) is 24.5 Å². The average Bonchev–Trinajstić information content (AvgIpc) is 2.46. The second-order valence-electron chi connectivity index (χ2n) is 2.70. The fourth-order valence-corrected chi connectivity index (χ4v) is 1.43. The smallest absolute Gasteiger partial charge is 0.323 e. The first-order chi connectivity index (χ1) is 5.70. The molecule has 0 spiro atoms. The highest BCUT2D eigenvalue weighted by atomic mass is 16.2. The summed E-state index contributed by atoms with van der Waals surface area (Å²) in [4.78, 5) is 10.9. The van der Waals surface area contributed by atoms with Gasteiger partial charge in [-0.2, -0.15) is 0 Å². The van der Waals surface area contributed by atoms with Gasteiger partial charge >= 0.3 is 6.03 Å². The van der Waals surface area contributed by atoms with E-state index in [9.17, 15) is 4.79 Å². The van der Waals surface area contributed by atoms with Gasteiger partial charge in [-0.25, -0.2) is 4.79 Å². The molecule has 0 atom stereocenters. The van der Waals surface area contributed by atoms with Gasteiger partial charge in [-0.1, -0.05) is 13.8 Å². The van der Waals surface area contributed by atoms with Crippen molar-refractivity contribution < 1.29 is 4.79 Å². The zero-order chi connectivity index (χ0) is 9.14. The minimum atomic E-state index is -0.397. The van der Waals surface area contributed by atoms with Crippen LogP contribution in [0.25, 0.3) is 0 Å². The summed E-state index contributed by atoms with van der Waals surface area (Å²) in [5, 5.41) is 0. The van der Waals surface area contributed by atoms with E-state index in [0.29, 0.717) is 0 Å². The monoisotopic (exact) mass is 166 g/mol. The third-order valence-corrected chi connectivity index (χ3v) is 2.04. The second-order valence-corrected chi connectivity index (χ2v) is 2.70. The van der Waals surface area contributed by atoms with Crippen molar-refractivity contribution in [2.75, 3.05) is 0 Å². The number of nitrogens with zero attached hydrogens (tertiary/aromatic N) is 1. The summed E-state index contributed by atoms with van der Waals surface area (Å²) in [6, 6.07) is 1.55. The van der Waals surface area contributed by atoms with Crippen LogP contribution < -0.4 is 5.73 Å². The summed E-state index contributed by atoms with van der Waals surface area (Å²) >= 11 is 0. The molecule has 1 rings (SSSR count). The Morgan fingerprint density at radius 1 is 1.50 bits per heavy atom. The highest BCUT2D eigenvalue weighted by Crippen LogP contribution is 2.11. The van der Waals surface area contributed by atoms with Crippen LogP contribution in [0.4, 0.5) is 4.79 Å². The summed E-state index contributed by atoms with van der Waals surface area (Å²) in [7, 11) is 0. The SMILES string of the molecule is CCc1ccn(C(N)=O)c1CC. The maximum atomic E-state index is 10.9. The maximum Gasteiger partial charge on any atom is 0.323 e. The first-order valence-corrected chi connectivity index (χ1v) is 4.19. The molecule has 0 fully saturated rings. The Kier molecular flexibility index (Phi) is 2.53. The van der Waals surface area contributed by atoms with E-state index in [4.69, 9.17) is 5.73 Å². The van der Waals surface area contributed by atoms with Crippen molar-refractivity contribution in [3.8, 4) is 0 Å². The van der Waals surface area contributed by atoms with Gasteiger partial charge in [-0.3, -0.25) is 4.57 Å². The quantitative estimate of drug-likeness (QED) is 0.711. The minimum absolute atomic E-state index is 0.397. The molecule has 1 amide bonds. The Morgan fingerprint density at radius 2 is 2.17 bits per heavy atom. The van der Waals surface area contributed by atoms with Gasteiger partial charge in [0, 0.05) is 11.9 Å². The number of aromatic nitrogens is 1. The lowest BCUT2D eigenvalue weighted by Crippen LogP contribution is -2.20. The molecule has 1 heterocycles. The number of carbonyl (C=O) groups excluding carboxylic acids is 1. The van der Waals surface area contributed by atoms with Crippen molar-refractivity contribution >= 4 is 6.03 Å². The van der Waals surface area contributed by atoms with E-state index in [1.807, 2.05) is 13.0 Å². The van der Waals surface area contributed by atoms with Crippen molar-refractivity contribution in [2.45, 2.75) is 26.7 Å². The van der Waals surface area contributed by atoms with E-state index in [2.05, 4.69) is 6.92 Å². The topological polar surface area (TPSA) is 48.0 Å². The van der Waals surface area contributed by atoms with E-state index >= 15 is 0 Å². The Balaban J connectivity index is 3.13. The van der Waals surface area contributed by atoms with Gasteiger partial charge in [0.05, 0.1) is 0 Å². The molecule has 0 aliphatic carbocycles. The van der Waals surface area contributed by atoms with E-state index in [0.717, 1.165) is 18.5 Å². The summed E-state index contributed by atoms with van der Waals surface area (Å²) in [6.07, 6.45) is 3.53. The molecular formula is C9H14N2O. The van der Waals surface area contributed by atoms with Crippen LogP contribution in [0.3, 0.4) is 0 Å². The molecule has 0 aromatic carbocycles. The first-order valence-electron chi connectivity index (χ1n) is 4.19. The van der Waals surface area contributed by atoms with E-state index in [1.54, 1.807) is 6.20 Å². The van der Waals surface area contributed by atoms with Crippen LogP contribution >= 0.6 is 0 Å². The number of aryl methyl sites for hydroxylation is 1. The number of primary amides is 1. The molecule has 3 heteroatoms. The van der Waals surface area contributed by atoms with Crippen LogP contribution in [0.1, 0.15) is 25.1 Å². The Bertz CT molecular complexity index is 289. The standard InChI is InChI=1S/C9H14N2O/c1-3-7-5-6-11(9(10)12)8(7)4-2/h5-6H,3-4H2,1-2H3,(H2,10,12). The molecule has 0 radical (unpaired) electrons. The molecular weight excluding hydrogens is 152 g/mol. The largest absolute Gasteiger partial charge is 0.351 e. The van der Waals surface area contributed by atoms with Crippen molar-refractivity contribution in [1.82, 2.24) is 4.57 Å². The zero-order valence-electron chi connectivity index (χ0n) is 7.50. The van der Waals surface area contributed by atoms with E-state index < -0.39 is 6.03 Å². The minimum Gasteiger partial charge on any atom is -0.351 e. The Labute approximate surface area is 72.2 Å². The molecule has 0 bridgehead atoms. The number of carbonyl (C=O) groups is 1. The molecule has 3 nitrogen and oxygen atoms in total. The lowest BCUT2D eigenvalue weighted by molar-refractivity contribution is 0.250. The fourth-order valence-electron chi connectivity index (χ4n) is 1.43. The van der Waals surface area contributed by atoms with Crippen LogP contribution in [-0.4, -0.2) is 10.6 Å². The number of nitrogens with two attached hydrogens (primary N) is 1. The summed E-state index contributed by atoms with van der Waals surface area (Å²) < 4.78 is 1.51. The molecule has 66 valence electrons. The number of rotatable bonds is 2. The molecule has 2 N–H and O–H groups in total. The molecule has 0 aliphatic rings. The lowest BCUT2D eigenvalue weighted by atomic mass is 10.1. The number of hydrogen-bond acceptors (Lipinski definition) is 1. The average molecular weight is 166 g/mol. The highest BCUT2D eigenvalue weighted by Gasteiger charge is 2.08. The van der Waals surface area contributed by atoms with Crippen molar-refractivity contribution in [2.24, 2.45) is 5.73 Å². The van der Waals surface area contributed by atoms with Gasteiger partial charge in [0.25, 0.3) is 0 Å². The summed E-state index contributed by atoms with van der Waals surface area (Å²) in [6.45, 7) is 4.09. The van der Waals surface area contributed by atoms with Crippen LogP contribution in [0.5, 0.6) is 0 Å². The van der Waals surface area contributed by atoms with Gasteiger partial charge in [0.15, 0.2) is 0 Å². The Hall–Kier alpha value is -1.25. The third kappa shape index (κ3) is 1.35. The van der Waals surface area contributed by atoms with Crippen LogP contribution in [0, 0.1) is 0 Å². The summed E-state index contributed by atoms with van der Waals surface area (Å²) in [5.41, 5.74) is 7.42. The van der Waals surface area contributed by atoms with Gasteiger partial charge in [0.2, 0.25) is 0 Å². The van der Waals surface area contributed by atoms with Crippen molar-refractivity contribution in [3.63, 3.8) is 0 Å². The Morgan fingerprint density at radius 3 is 2.58 bits per heavy atom. The molecule has 1 aromatic heterocycles. The number of amides is 1. The van der Waals surface area contributed by atoms with Crippen LogP contribution in [0.15, 0.2) is 12.3 Å². The third-order valence-electron chi connectivity index (χ3n) is 2.04. The molecule has 12 heavy (non-hydrogen) atoms. The molecule has 1 aromatic rings. The van der Waals surface area contributed by atoms with Gasteiger partial charge in [0.1, 0.15) is 0 Å². The number of hydrogen-bond donors (Lipinski definition) is 1. The predicted octanol–water partition coefficient (Wildman–Crippen LogP) is 1.54. The lowest BCUT2D eigenvalue weighted by Gasteiger charge is -2.03. The first kappa shape index (κ1) is 8.84. The fraction of sp³-hybridized carbons (Fsp3) is 0.444. The van der Waals surface area contributed by atoms with Crippen molar-refractivity contribution in [3.05, 3.63) is 23.5 Å².